The van der Waals surface area contributed by atoms with Crippen LogP contribution < -0.4 is 11.0 Å². The molecule has 1 aromatic carbocycles. The van der Waals surface area contributed by atoms with Crippen molar-refractivity contribution in [2.45, 2.75) is 45.8 Å². The van der Waals surface area contributed by atoms with E-state index in [1.165, 1.54) is 11.0 Å². The summed E-state index contributed by atoms with van der Waals surface area (Å²) in [5.74, 6) is 0.978. The number of amides is 1. The first-order chi connectivity index (χ1) is 13.5. The van der Waals surface area contributed by atoms with E-state index in [4.69, 9.17) is 0 Å². The van der Waals surface area contributed by atoms with Crippen LogP contribution in [0.15, 0.2) is 41.5 Å². The number of carbonyl (C=O) groups excluding carboxylic acids is 1. The number of rotatable bonds is 8. The van der Waals surface area contributed by atoms with E-state index in [1.54, 1.807) is 23.2 Å². The van der Waals surface area contributed by atoms with Gasteiger partial charge in [0.15, 0.2) is 0 Å². The van der Waals surface area contributed by atoms with Gasteiger partial charge in [-0.15, -0.1) is 0 Å². The molecule has 1 atom stereocenters. The molecule has 9 nitrogen and oxygen atoms in total. The van der Waals surface area contributed by atoms with Crippen LogP contribution in [0.1, 0.15) is 36.6 Å². The predicted octanol–water partition coefficient (Wildman–Crippen LogP) is 0.992. The zero-order valence-electron chi connectivity index (χ0n) is 16.4. The number of aryl methyl sites for hydroxylation is 3. The summed E-state index contributed by atoms with van der Waals surface area (Å²) in [7, 11) is 1.78. The molecule has 0 saturated carbocycles. The lowest BCUT2D eigenvalue weighted by molar-refractivity contribution is -0.122. The zero-order valence-corrected chi connectivity index (χ0v) is 16.4. The molecule has 0 fully saturated rings. The molecule has 148 valence electrons. The fourth-order valence-electron chi connectivity index (χ4n) is 3.14. The molecule has 3 rings (SSSR count). The fourth-order valence-corrected chi connectivity index (χ4v) is 3.14. The Morgan fingerprint density at radius 2 is 2.00 bits per heavy atom. The minimum atomic E-state index is -0.287. The van der Waals surface area contributed by atoms with Crippen molar-refractivity contribution in [1.29, 1.82) is 0 Å². The van der Waals surface area contributed by atoms with Crippen LogP contribution >= 0.6 is 0 Å². The molecule has 1 amide bonds. The Labute approximate surface area is 163 Å². The summed E-state index contributed by atoms with van der Waals surface area (Å²) in [5, 5.41) is 11.2. The lowest BCUT2D eigenvalue weighted by Gasteiger charge is -2.15. The number of aromatic nitrogens is 6. The largest absolute Gasteiger partial charge is 0.346 e. The van der Waals surface area contributed by atoms with Crippen molar-refractivity contribution in [3.8, 4) is 0 Å². The molecule has 0 bridgehead atoms. The molecule has 1 N–H and O–H groups in total. The van der Waals surface area contributed by atoms with Gasteiger partial charge < -0.3 is 5.32 Å². The molecule has 0 unspecified atom stereocenters. The zero-order chi connectivity index (χ0) is 20.1. The van der Waals surface area contributed by atoms with Gasteiger partial charge in [0.2, 0.25) is 5.91 Å². The lowest BCUT2D eigenvalue weighted by Crippen LogP contribution is -2.36. The molecule has 0 aliphatic carbocycles. The normalized spacial score (nSPS) is 12.1. The monoisotopic (exact) mass is 383 g/mol. The van der Waals surface area contributed by atoms with Crippen molar-refractivity contribution >= 4 is 5.91 Å². The molecular weight excluding hydrogens is 358 g/mol. The maximum Gasteiger partial charge on any atom is 0.346 e. The first-order valence-corrected chi connectivity index (χ1v) is 9.31. The maximum absolute atomic E-state index is 12.6. The molecule has 0 radical (unpaired) electrons. The highest BCUT2D eigenvalue weighted by atomic mass is 16.2. The highest BCUT2D eigenvalue weighted by Crippen LogP contribution is 2.12. The Hall–Kier alpha value is -3.23. The minimum absolute atomic E-state index is 0.133. The average Bonchev–Trinajstić information content (AvgIpc) is 3.22. The van der Waals surface area contributed by atoms with Crippen molar-refractivity contribution in [1.82, 2.24) is 34.4 Å². The number of hydrogen-bond acceptors (Lipinski definition) is 5. The number of carbonyl (C=O) groups is 1. The minimum Gasteiger partial charge on any atom is -0.344 e. The highest BCUT2D eigenvalue weighted by molar-refractivity contribution is 5.76. The molecule has 2 aromatic heterocycles. The third kappa shape index (κ3) is 4.36. The van der Waals surface area contributed by atoms with Crippen LogP contribution in [0.4, 0.5) is 0 Å². The second-order valence-corrected chi connectivity index (χ2v) is 6.64. The number of nitrogens with one attached hydrogen (secondary N) is 1. The predicted molar refractivity (Wildman–Crippen MR) is 104 cm³/mol. The van der Waals surface area contributed by atoms with Gasteiger partial charge in [0.25, 0.3) is 0 Å². The van der Waals surface area contributed by atoms with E-state index in [1.807, 2.05) is 37.3 Å². The van der Waals surface area contributed by atoms with Crippen LogP contribution in [0.3, 0.4) is 0 Å². The second kappa shape index (κ2) is 8.64. The smallest absolute Gasteiger partial charge is 0.344 e. The number of hydrogen-bond donors (Lipinski definition) is 1. The van der Waals surface area contributed by atoms with Gasteiger partial charge in [-0.3, -0.25) is 14.0 Å². The lowest BCUT2D eigenvalue weighted by atomic mass is 10.1. The topological polar surface area (TPSA) is 99.6 Å². The highest BCUT2D eigenvalue weighted by Gasteiger charge is 2.19. The van der Waals surface area contributed by atoms with Gasteiger partial charge in [0.1, 0.15) is 24.5 Å². The van der Waals surface area contributed by atoms with Crippen molar-refractivity contribution in [3.05, 3.63) is 64.4 Å². The summed E-state index contributed by atoms with van der Waals surface area (Å²) in [6.07, 6.45) is 2.84. The molecular formula is C19H25N7O2. The maximum atomic E-state index is 12.6. The summed E-state index contributed by atoms with van der Waals surface area (Å²) < 4.78 is 4.43. The first-order valence-electron chi connectivity index (χ1n) is 9.31. The molecule has 0 aliphatic heterocycles. The van der Waals surface area contributed by atoms with Crippen molar-refractivity contribution in [2.75, 3.05) is 0 Å². The van der Waals surface area contributed by atoms with E-state index in [0.717, 1.165) is 12.0 Å². The summed E-state index contributed by atoms with van der Waals surface area (Å²) in [6.45, 7) is 4.11. The Bertz CT molecular complexity index is 987. The van der Waals surface area contributed by atoms with Crippen molar-refractivity contribution in [2.24, 2.45) is 7.05 Å². The van der Waals surface area contributed by atoms with Crippen LogP contribution in [0.5, 0.6) is 0 Å². The quantitative estimate of drug-likeness (QED) is 0.625. The van der Waals surface area contributed by atoms with Crippen LogP contribution in [0.2, 0.25) is 0 Å². The molecule has 2 heterocycles. The summed E-state index contributed by atoms with van der Waals surface area (Å²) in [5.41, 5.74) is 0.865. The summed E-state index contributed by atoms with van der Waals surface area (Å²) >= 11 is 0. The molecule has 3 aromatic rings. The van der Waals surface area contributed by atoms with Gasteiger partial charge >= 0.3 is 5.69 Å². The van der Waals surface area contributed by atoms with Gasteiger partial charge in [-0.1, -0.05) is 37.3 Å². The second-order valence-electron chi connectivity index (χ2n) is 6.64. The molecule has 28 heavy (non-hydrogen) atoms. The standard InChI is InChI=1S/C19H25N7O2/c1-4-16(18-20-13-21-24(18)3)22-17(27)12-26-19(28)25(14(2)23-26)11-10-15-8-6-5-7-9-15/h5-9,13,16H,4,10-12H2,1-3H3,(H,22,27)/t16-/m0/s1. The van der Waals surface area contributed by atoms with Gasteiger partial charge in [0.05, 0.1) is 6.04 Å². The molecule has 0 aliphatic rings. The molecule has 0 saturated heterocycles. The molecule has 9 heteroatoms. The van der Waals surface area contributed by atoms with Crippen molar-refractivity contribution < 1.29 is 4.79 Å². The first kappa shape index (κ1) is 19.5. The van der Waals surface area contributed by atoms with E-state index >= 15 is 0 Å². The Balaban J connectivity index is 1.66. The Morgan fingerprint density at radius 1 is 1.25 bits per heavy atom. The van der Waals surface area contributed by atoms with Gasteiger partial charge in [-0.2, -0.15) is 10.2 Å². The summed E-state index contributed by atoms with van der Waals surface area (Å²) in [6, 6.07) is 9.69. The number of nitrogens with zero attached hydrogens (tertiary/aromatic N) is 6. The average molecular weight is 383 g/mol. The Kier molecular flexibility index (Phi) is 6.03. The third-order valence-corrected chi connectivity index (χ3v) is 4.67. The van der Waals surface area contributed by atoms with E-state index in [9.17, 15) is 9.59 Å². The fraction of sp³-hybridized carbons (Fsp3) is 0.421. The third-order valence-electron chi connectivity index (χ3n) is 4.67. The van der Waals surface area contributed by atoms with Crippen molar-refractivity contribution in [3.63, 3.8) is 0 Å². The number of benzene rings is 1. The van der Waals surface area contributed by atoms with Crippen LogP contribution in [0, 0.1) is 6.92 Å². The van der Waals surface area contributed by atoms with Gasteiger partial charge in [0, 0.05) is 13.6 Å². The SMILES string of the molecule is CC[C@H](NC(=O)Cn1nc(C)n(CCc2ccccc2)c1=O)c1ncnn1C. The van der Waals surface area contributed by atoms with E-state index in [0.29, 0.717) is 24.6 Å². The van der Waals surface area contributed by atoms with E-state index in [2.05, 4.69) is 20.5 Å². The summed E-state index contributed by atoms with van der Waals surface area (Å²) in [4.78, 5) is 29.3. The van der Waals surface area contributed by atoms with Crippen LogP contribution in [-0.2, 0) is 31.4 Å². The van der Waals surface area contributed by atoms with E-state index in [-0.39, 0.29) is 24.2 Å². The van der Waals surface area contributed by atoms with E-state index < -0.39 is 0 Å². The van der Waals surface area contributed by atoms with Gasteiger partial charge in [-0.25, -0.2) is 14.5 Å². The van der Waals surface area contributed by atoms with Gasteiger partial charge in [-0.05, 0) is 25.3 Å². The molecule has 0 spiro atoms. The van der Waals surface area contributed by atoms with Crippen LogP contribution in [-0.4, -0.2) is 35.0 Å². The van der Waals surface area contributed by atoms with Crippen LogP contribution in [0.25, 0.3) is 0 Å². The Morgan fingerprint density at radius 3 is 2.64 bits per heavy atom.